The van der Waals surface area contributed by atoms with Crippen LogP contribution in [-0.4, -0.2) is 48.4 Å². The highest BCUT2D eigenvalue weighted by Crippen LogP contribution is 2.17. The van der Waals surface area contributed by atoms with Crippen molar-refractivity contribution < 1.29 is 19.1 Å². The number of amides is 2. The van der Waals surface area contributed by atoms with Gasteiger partial charge in [0, 0.05) is 18.9 Å². The van der Waals surface area contributed by atoms with Crippen LogP contribution in [0.3, 0.4) is 0 Å². The van der Waals surface area contributed by atoms with Crippen LogP contribution in [0.1, 0.15) is 45.6 Å². The Bertz CT molecular complexity index is 622. The molecule has 1 aromatic rings. The summed E-state index contributed by atoms with van der Waals surface area (Å²) in [5, 5.41) is 2.83. The van der Waals surface area contributed by atoms with E-state index in [0.717, 1.165) is 38.0 Å². The molecule has 0 saturated carbocycles. The van der Waals surface area contributed by atoms with E-state index in [1.165, 1.54) is 0 Å². The summed E-state index contributed by atoms with van der Waals surface area (Å²) in [4.78, 5) is 25.7. The highest BCUT2D eigenvalue weighted by molar-refractivity contribution is 5.76. The average molecular weight is 392 g/mol. The molecule has 7 heteroatoms. The number of benzene rings is 1. The number of nitrogens with zero attached hydrogens (tertiary/aromatic N) is 1. The molecule has 0 bridgehead atoms. The maximum atomic E-state index is 12.2. The monoisotopic (exact) mass is 391 g/mol. The fourth-order valence-electron chi connectivity index (χ4n) is 3.15. The van der Waals surface area contributed by atoms with E-state index in [4.69, 9.17) is 15.2 Å². The Labute approximate surface area is 167 Å². The molecule has 3 N–H and O–H groups in total. The van der Waals surface area contributed by atoms with Crippen LogP contribution in [0.15, 0.2) is 30.3 Å². The molecule has 0 radical (unpaired) electrons. The summed E-state index contributed by atoms with van der Waals surface area (Å²) in [7, 11) is 0. The first-order chi connectivity index (χ1) is 13.2. The Morgan fingerprint density at radius 3 is 2.43 bits per heavy atom. The van der Waals surface area contributed by atoms with Gasteiger partial charge in [0.15, 0.2) is 0 Å². The van der Waals surface area contributed by atoms with Crippen LogP contribution < -0.4 is 11.1 Å². The minimum Gasteiger partial charge on any atom is -0.444 e. The summed E-state index contributed by atoms with van der Waals surface area (Å²) >= 11 is 0. The Kier molecular flexibility index (Phi) is 8.26. The lowest BCUT2D eigenvalue weighted by Gasteiger charge is -2.31. The van der Waals surface area contributed by atoms with Gasteiger partial charge in [-0.25, -0.2) is 4.79 Å². The first-order valence-corrected chi connectivity index (χ1v) is 9.89. The van der Waals surface area contributed by atoms with E-state index in [1.54, 1.807) is 0 Å². The van der Waals surface area contributed by atoms with Gasteiger partial charge in [-0.2, -0.15) is 0 Å². The number of nitrogens with two attached hydrogens (primary N) is 1. The van der Waals surface area contributed by atoms with Crippen molar-refractivity contribution in [3.63, 3.8) is 0 Å². The van der Waals surface area contributed by atoms with Gasteiger partial charge < -0.3 is 20.1 Å². The Morgan fingerprint density at radius 1 is 1.21 bits per heavy atom. The summed E-state index contributed by atoms with van der Waals surface area (Å²) in [6.07, 6.45) is 1.25. The molecule has 0 aromatic heterocycles. The van der Waals surface area contributed by atoms with E-state index in [-0.39, 0.29) is 11.8 Å². The summed E-state index contributed by atoms with van der Waals surface area (Å²) in [5.41, 5.74) is 5.87. The molecule has 0 unspecified atom stereocenters. The number of carbonyl (C=O) groups excluding carboxylic acids is 2. The molecule has 0 spiro atoms. The molecule has 156 valence electrons. The molecule has 0 aliphatic carbocycles. The van der Waals surface area contributed by atoms with Gasteiger partial charge in [-0.05, 0) is 52.3 Å². The normalized spacial score (nSPS) is 17.1. The van der Waals surface area contributed by atoms with Crippen molar-refractivity contribution in [2.45, 2.75) is 58.5 Å². The molecule has 1 aliphatic heterocycles. The molecule has 1 fully saturated rings. The third-order valence-corrected chi connectivity index (χ3v) is 4.67. The predicted octanol–water partition coefficient (Wildman–Crippen LogP) is 2.64. The quantitative estimate of drug-likeness (QED) is 0.665. The molecule has 1 aromatic carbocycles. The lowest BCUT2D eigenvalue weighted by Crippen LogP contribution is -2.44. The van der Waals surface area contributed by atoms with Crippen molar-refractivity contribution in [3.8, 4) is 0 Å². The number of carbonyl (C=O) groups is 2. The van der Waals surface area contributed by atoms with Crippen molar-refractivity contribution in [3.05, 3.63) is 35.9 Å². The highest BCUT2D eigenvalue weighted by Gasteiger charge is 2.25. The fourth-order valence-corrected chi connectivity index (χ4v) is 3.15. The third kappa shape index (κ3) is 8.27. The van der Waals surface area contributed by atoms with Gasteiger partial charge in [-0.1, -0.05) is 30.3 Å². The van der Waals surface area contributed by atoms with Crippen LogP contribution in [0.2, 0.25) is 0 Å². The molecule has 1 atom stereocenters. The molecular formula is C21H33N3O4. The van der Waals surface area contributed by atoms with Crippen LogP contribution in [0.5, 0.6) is 0 Å². The Hall–Kier alpha value is -2.12. The zero-order chi connectivity index (χ0) is 20.6. The lowest BCUT2D eigenvalue weighted by atomic mass is 9.96. The van der Waals surface area contributed by atoms with E-state index >= 15 is 0 Å². The van der Waals surface area contributed by atoms with E-state index in [1.807, 2.05) is 51.1 Å². The molecule has 1 aliphatic rings. The number of alkyl carbamates (subject to hydrolysis) is 1. The van der Waals surface area contributed by atoms with Gasteiger partial charge in [0.1, 0.15) is 11.8 Å². The van der Waals surface area contributed by atoms with E-state index in [9.17, 15) is 9.59 Å². The van der Waals surface area contributed by atoms with E-state index in [0.29, 0.717) is 13.0 Å². The third-order valence-electron chi connectivity index (χ3n) is 4.67. The fraction of sp³-hybridized carbons (Fsp3) is 0.619. The number of primary amides is 1. The van der Waals surface area contributed by atoms with Crippen molar-refractivity contribution >= 4 is 12.0 Å². The number of hydrogen-bond acceptors (Lipinski definition) is 5. The lowest BCUT2D eigenvalue weighted by molar-refractivity contribution is -0.123. The standard InChI is InChI=1S/C21H33N3O4/c1-21(2,3)28-20(26)23-18(27-15-16-7-5-4-6-8-16)11-14-24-12-9-17(10-13-24)19(22)25/h4-8,17-18H,9-15H2,1-3H3,(H2,22,25)(H,23,26)/t18-/m1/s1. The minimum absolute atomic E-state index is 0.0266. The topological polar surface area (TPSA) is 93.9 Å². The SMILES string of the molecule is CC(C)(C)OC(=O)N[C@@H](CCN1CCC(C(N)=O)CC1)OCc1ccccc1. The number of likely N-dealkylation sites (tertiary alicyclic amines) is 1. The molecule has 1 saturated heterocycles. The van der Waals surface area contributed by atoms with Gasteiger partial charge in [0.05, 0.1) is 6.61 Å². The van der Waals surface area contributed by atoms with E-state index < -0.39 is 17.9 Å². The van der Waals surface area contributed by atoms with Crippen molar-refractivity contribution in [1.82, 2.24) is 10.2 Å². The molecule has 1 heterocycles. The molecule has 2 rings (SSSR count). The zero-order valence-corrected chi connectivity index (χ0v) is 17.1. The van der Waals surface area contributed by atoms with Crippen molar-refractivity contribution in [2.24, 2.45) is 11.7 Å². The first kappa shape index (κ1) is 22.2. The molecule has 2 amide bonds. The predicted molar refractivity (Wildman–Crippen MR) is 107 cm³/mol. The smallest absolute Gasteiger partial charge is 0.409 e. The maximum Gasteiger partial charge on any atom is 0.409 e. The summed E-state index contributed by atoms with van der Waals surface area (Å²) < 4.78 is 11.3. The van der Waals surface area contributed by atoms with Crippen LogP contribution in [0.4, 0.5) is 4.79 Å². The maximum absolute atomic E-state index is 12.2. The Balaban J connectivity index is 1.86. The number of ether oxygens (including phenoxy) is 2. The summed E-state index contributed by atoms with van der Waals surface area (Å²) in [6, 6.07) is 9.84. The van der Waals surface area contributed by atoms with Crippen LogP contribution >= 0.6 is 0 Å². The van der Waals surface area contributed by atoms with Crippen molar-refractivity contribution in [1.29, 1.82) is 0 Å². The zero-order valence-electron chi connectivity index (χ0n) is 17.1. The second-order valence-electron chi connectivity index (χ2n) is 8.24. The van der Waals surface area contributed by atoms with Gasteiger partial charge in [-0.15, -0.1) is 0 Å². The van der Waals surface area contributed by atoms with Crippen LogP contribution in [0, 0.1) is 5.92 Å². The first-order valence-electron chi connectivity index (χ1n) is 9.89. The van der Waals surface area contributed by atoms with Crippen molar-refractivity contribution in [2.75, 3.05) is 19.6 Å². The number of hydrogen-bond donors (Lipinski definition) is 2. The summed E-state index contributed by atoms with van der Waals surface area (Å²) in [5.74, 6) is -0.239. The number of rotatable bonds is 8. The van der Waals surface area contributed by atoms with Crippen LogP contribution in [0.25, 0.3) is 0 Å². The second-order valence-corrected chi connectivity index (χ2v) is 8.24. The number of nitrogens with one attached hydrogen (secondary N) is 1. The number of piperidine rings is 1. The highest BCUT2D eigenvalue weighted by atomic mass is 16.6. The van der Waals surface area contributed by atoms with Crippen LogP contribution in [-0.2, 0) is 20.9 Å². The van der Waals surface area contributed by atoms with Gasteiger partial charge in [-0.3, -0.25) is 10.1 Å². The second kappa shape index (κ2) is 10.4. The van der Waals surface area contributed by atoms with E-state index in [2.05, 4.69) is 10.2 Å². The molecular weight excluding hydrogens is 358 g/mol. The molecule has 28 heavy (non-hydrogen) atoms. The minimum atomic E-state index is -0.565. The summed E-state index contributed by atoms with van der Waals surface area (Å²) in [6.45, 7) is 8.31. The molecule has 7 nitrogen and oxygen atoms in total. The van der Waals surface area contributed by atoms with Gasteiger partial charge >= 0.3 is 6.09 Å². The van der Waals surface area contributed by atoms with Gasteiger partial charge in [0.2, 0.25) is 5.91 Å². The largest absolute Gasteiger partial charge is 0.444 e. The average Bonchev–Trinajstić information content (AvgIpc) is 2.63. The Morgan fingerprint density at radius 2 is 1.86 bits per heavy atom. The van der Waals surface area contributed by atoms with Gasteiger partial charge in [0.25, 0.3) is 0 Å².